The molecule has 1 aliphatic heterocycles. The summed E-state index contributed by atoms with van der Waals surface area (Å²) in [5.74, 6) is -0.0194. The molecule has 1 amide bonds. The summed E-state index contributed by atoms with van der Waals surface area (Å²) in [5.41, 5.74) is 1.05. The van der Waals surface area contributed by atoms with Gasteiger partial charge in [0.2, 0.25) is 5.91 Å². The second-order valence-corrected chi connectivity index (χ2v) is 4.09. The average Bonchev–Trinajstić information content (AvgIpc) is 2.40. The Balaban J connectivity index is 1.89. The van der Waals surface area contributed by atoms with Crippen molar-refractivity contribution in [3.8, 4) is 0 Å². The molecule has 0 bridgehead atoms. The molecule has 1 unspecified atom stereocenters. The van der Waals surface area contributed by atoms with E-state index in [-0.39, 0.29) is 18.0 Å². The van der Waals surface area contributed by atoms with Crippen molar-refractivity contribution >= 4 is 5.91 Å². The van der Waals surface area contributed by atoms with Crippen LogP contribution in [0.25, 0.3) is 0 Å². The molecule has 0 aromatic carbocycles. The summed E-state index contributed by atoms with van der Waals surface area (Å²) in [4.78, 5) is 15.9. The lowest BCUT2D eigenvalue weighted by molar-refractivity contribution is -0.126. The van der Waals surface area contributed by atoms with Crippen molar-refractivity contribution in [2.24, 2.45) is 0 Å². The van der Waals surface area contributed by atoms with Gasteiger partial charge >= 0.3 is 0 Å². The summed E-state index contributed by atoms with van der Waals surface area (Å²) in [6.45, 7) is 3.79. The SMILES string of the molecule is C[C@H](NC(=O)C1COCCN1)c1ccncc1. The van der Waals surface area contributed by atoms with Crippen LogP contribution >= 0.6 is 0 Å². The molecule has 0 radical (unpaired) electrons. The lowest BCUT2D eigenvalue weighted by Crippen LogP contribution is -2.51. The van der Waals surface area contributed by atoms with Gasteiger partial charge in [-0.1, -0.05) is 0 Å². The van der Waals surface area contributed by atoms with Crippen LogP contribution in [0, 0.1) is 0 Å². The zero-order chi connectivity index (χ0) is 12.1. The first-order valence-corrected chi connectivity index (χ1v) is 5.79. The minimum Gasteiger partial charge on any atom is -0.378 e. The number of nitrogens with zero attached hydrogens (tertiary/aromatic N) is 1. The number of morpholine rings is 1. The summed E-state index contributed by atoms with van der Waals surface area (Å²) in [5, 5.41) is 6.08. The normalized spacial score (nSPS) is 21.8. The molecular weight excluding hydrogens is 218 g/mol. The van der Waals surface area contributed by atoms with E-state index < -0.39 is 0 Å². The molecule has 1 aromatic rings. The second kappa shape index (κ2) is 5.75. The number of pyridine rings is 1. The van der Waals surface area contributed by atoms with E-state index in [0.717, 1.165) is 12.1 Å². The number of ether oxygens (including phenoxy) is 1. The summed E-state index contributed by atoms with van der Waals surface area (Å²) in [6, 6.07) is 3.54. The Morgan fingerprint density at radius 2 is 2.35 bits per heavy atom. The van der Waals surface area contributed by atoms with Crippen molar-refractivity contribution < 1.29 is 9.53 Å². The Hall–Kier alpha value is -1.46. The van der Waals surface area contributed by atoms with E-state index in [1.807, 2.05) is 19.1 Å². The van der Waals surface area contributed by atoms with E-state index in [2.05, 4.69) is 15.6 Å². The summed E-state index contributed by atoms with van der Waals surface area (Å²) in [7, 11) is 0. The van der Waals surface area contributed by atoms with Crippen LogP contribution in [-0.4, -0.2) is 36.7 Å². The molecule has 17 heavy (non-hydrogen) atoms. The van der Waals surface area contributed by atoms with E-state index in [1.165, 1.54) is 0 Å². The van der Waals surface area contributed by atoms with Crippen LogP contribution in [-0.2, 0) is 9.53 Å². The molecule has 1 fully saturated rings. The van der Waals surface area contributed by atoms with Crippen LogP contribution in [0.1, 0.15) is 18.5 Å². The fourth-order valence-electron chi connectivity index (χ4n) is 1.78. The second-order valence-electron chi connectivity index (χ2n) is 4.09. The zero-order valence-electron chi connectivity index (χ0n) is 9.85. The Labute approximate surface area is 101 Å². The van der Waals surface area contributed by atoms with Gasteiger partial charge in [-0.2, -0.15) is 0 Å². The Kier molecular flexibility index (Phi) is 4.06. The molecule has 0 saturated carbocycles. The Morgan fingerprint density at radius 1 is 1.59 bits per heavy atom. The smallest absolute Gasteiger partial charge is 0.240 e. The van der Waals surface area contributed by atoms with Crippen molar-refractivity contribution in [1.29, 1.82) is 0 Å². The van der Waals surface area contributed by atoms with Crippen molar-refractivity contribution in [1.82, 2.24) is 15.6 Å². The summed E-state index contributed by atoms with van der Waals surface area (Å²) in [6.07, 6.45) is 3.44. The monoisotopic (exact) mass is 235 g/mol. The van der Waals surface area contributed by atoms with Crippen molar-refractivity contribution in [3.63, 3.8) is 0 Å². The van der Waals surface area contributed by atoms with Gasteiger partial charge < -0.3 is 15.4 Å². The van der Waals surface area contributed by atoms with Gasteiger partial charge in [-0.05, 0) is 24.6 Å². The number of nitrogens with one attached hydrogen (secondary N) is 2. The third kappa shape index (κ3) is 3.25. The van der Waals surface area contributed by atoms with Crippen LogP contribution in [0.3, 0.4) is 0 Å². The molecule has 2 N–H and O–H groups in total. The molecule has 92 valence electrons. The molecule has 0 aliphatic carbocycles. The minimum absolute atomic E-state index is 0.0192. The molecule has 1 aromatic heterocycles. The van der Waals surface area contributed by atoms with Crippen LogP contribution in [0.5, 0.6) is 0 Å². The van der Waals surface area contributed by atoms with Gasteiger partial charge in [0.15, 0.2) is 0 Å². The van der Waals surface area contributed by atoms with E-state index in [1.54, 1.807) is 12.4 Å². The maximum absolute atomic E-state index is 11.9. The number of carbonyl (C=O) groups excluding carboxylic acids is 1. The molecule has 5 nitrogen and oxygen atoms in total. The highest BCUT2D eigenvalue weighted by atomic mass is 16.5. The van der Waals surface area contributed by atoms with E-state index >= 15 is 0 Å². The largest absolute Gasteiger partial charge is 0.378 e. The minimum atomic E-state index is -0.243. The first-order valence-electron chi connectivity index (χ1n) is 5.79. The number of hydrogen-bond acceptors (Lipinski definition) is 4. The number of amides is 1. The quantitative estimate of drug-likeness (QED) is 0.788. The van der Waals surface area contributed by atoms with Crippen molar-refractivity contribution in [2.45, 2.75) is 19.0 Å². The van der Waals surface area contributed by atoms with Gasteiger partial charge in [-0.3, -0.25) is 9.78 Å². The van der Waals surface area contributed by atoms with Gasteiger partial charge in [0.05, 0.1) is 19.3 Å². The fourth-order valence-corrected chi connectivity index (χ4v) is 1.78. The molecule has 1 aliphatic rings. The third-order valence-corrected chi connectivity index (χ3v) is 2.80. The molecular formula is C12H17N3O2. The Morgan fingerprint density at radius 3 is 3.00 bits per heavy atom. The van der Waals surface area contributed by atoms with Gasteiger partial charge in [0.1, 0.15) is 6.04 Å². The van der Waals surface area contributed by atoms with Gasteiger partial charge in [-0.15, -0.1) is 0 Å². The van der Waals surface area contributed by atoms with Crippen LogP contribution in [0.15, 0.2) is 24.5 Å². The fraction of sp³-hybridized carbons (Fsp3) is 0.500. The van der Waals surface area contributed by atoms with Crippen LogP contribution in [0.2, 0.25) is 0 Å². The highest BCUT2D eigenvalue weighted by molar-refractivity contribution is 5.82. The van der Waals surface area contributed by atoms with Crippen molar-refractivity contribution in [2.75, 3.05) is 19.8 Å². The van der Waals surface area contributed by atoms with E-state index in [0.29, 0.717) is 13.2 Å². The topological polar surface area (TPSA) is 63.2 Å². The number of hydrogen-bond donors (Lipinski definition) is 2. The van der Waals surface area contributed by atoms with Crippen LogP contribution in [0.4, 0.5) is 0 Å². The van der Waals surface area contributed by atoms with E-state index in [4.69, 9.17) is 4.74 Å². The predicted octanol–water partition coefficient (Wildman–Crippen LogP) is 0.247. The number of rotatable bonds is 3. The van der Waals surface area contributed by atoms with Gasteiger partial charge in [0, 0.05) is 18.9 Å². The maximum atomic E-state index is 11.9. The number of carbonyl (C=O) groups is 1. The molecule has 2 heterocycles. The third-order valence-electron chi connectivity index (χ3n) is 2.80. The molecule has 1 saturated heterocycles. The maximum Gasteiger partial charge on any atom is 0.240 e. The zero-order valence-corrected chi connectivity index (χ0v) is 9.85. The van der Waals surface area contributed by atoms with Gasteiger partial charge in [-0.25, -0.2) is 0 Å². The molecule has 5 heteroatoms. The standard InChI is InChI=1S/C12H17N3O2/c1-9(10-2-4-13-5-3-10)15-12(16)11-8-17-7-6-14-11/h2-5,9,11,14H,6-8H2,1H3,(H,15,16)/t9-,11?/m0/s1. The van der Waals surface area contributed by atoms with Gasteiger partial charge in [0.25, 0.3) is 0 Å². The summed E-state index contributed by atoms with van der Waals surface area (Å²) < 4.78 is 5.26. The first kappa shape index (κ1) is 12.0. The highest BCUT2D eigenvalue weighted by Gasteiger charge is 2.22. The highest BCUT2D eigenvalue weighted by Crippen LogP contribution is 2.10. The van der Waals surface area contributed by atoms with Crippen molar-refractivity contribution in [3.05, 3.63) is 30.1 Å². The van der Waals surface area contributed by atoms with E-state index in [9.17, 15) is 4.79 Å². The molecule has 0 spiro atoms. The Bertz CT molecular complexity index is 363. The predicted molar refractivity (Wildman–Crippen MR) is 63.4 cm³/mol. The molecule has 2 rings (SSSR count). The average molecular weight is 235 g/mol. The lowest BCUT2D eigenvalue weighted by Gasteiger charge is -2.24. The molecule has 2 atom stereocenters. The lowest BCUT2D eigenvalue weighted by atomic mass is 10.1. The first-order chi connectivity index (χ1) is 8.27. The number of aromatic nitrogens is 1. The van der Waals surface area contributed by atoms with Crippen LogP contribution < -0.4 is 10.6 Å². The summed E-state index contributed by atoms with van der Waals surface area (Å²) >= 11 is 0.